The lowest BCUT2D eigenvalue weighted by Crippen LogP contribution is -2.62. The van der Waals surface area contributed by atoms with Crippen molar-refractivity contribution in [1.29, 1.82) is 0 Å². The Morgan fingerprint density at radius 1 is 1.00 bits per heavy atom. The fourth-order valence-electron chi connectivity index (χ4n) is 4.25. The van der Waals surface area contributed by atoms with Gasteiger partial charge >= 0.3 is 0 Å². The van der Waals surface area contributed by atoms with Crippen LogP contribution in [-0.2, 0) is 0 Å². The van der Waals surface area contributed by atoms with Gasteiger partial charge in [-0.2, -0.15) is 0 Å². The van der Waals surface area contributed by atoms with Crippen molar-refractivity contribution >= 4 is 60.8 Å². The molecule has 0 bridgehead atoms. The number of thiophene rings is 1. The van der Waals surface area contributed by atoms with E-state index in [1.807, 2.05) is 58.3 Å². The molecule has 2 fully saturated rings. The molecule has 1 N–H and O–H groups in total. The molecule has 2 aliphatic rings. The summed E-state index contributed by atoms with van der Waals surface area (Å²) in [6, 6.07) is 15.8. The minimum Gasteiger partial charge on any atom is -0.337 e. The van der Waals surface area contributed by atoms with Gasteiger partial charge in [-0.3, -0.25) is 9.59 Å². The molecule has 160 valence electrons. The Labute approximate surface area is 198 Å². The van der Waals surface area contributed by atoms with Crippen molar-refractivity contribution in [2.45, 2.75) is 18.5 Å². The van der Waals surface area contributed by atoms with Gasteiger partial charge in [0.1, 0.15) is 4.88 Å². The molecule has 1 unspecified atom stereocenters. The zero-order valence-corrected chi connectivity index (χ0v) is 19.8. The number of hydrogen-bond donors (Lipinski definition) is 1. The van der Waals surface area contributed by atoms with Crippen LogP contribution in [0.5, 0.6) is 0 Å². The van der Waals surface area contributed by atoms with Crippen LogP contribution in [0.1, 0.15) is 26.5 Å². The van der Waals surface area contributed by atoms with Gasteiger partial charge < -0.3 is 15.1 Å². The van der Waals surface area contributed by atoms with E-state index < -0.39 is 0 Å². The molecule has 0 spiro atoms. The number of hydrogen-bond acceptors (Lipinski definition) is 4. The molecule has 3 heterocycles. The zero-order chi connectivity index (χ0) is 21.5. The highest BCUT2D eigenvalue weighted by Gasteiger charge is 2.36. The van der Waals surface area contributed by atoms with Crippen LogP contribution in [0.25, 0.3) is 10.1 Å². The molecule has 0 aliphatic carbocycles. The van der Waals surface area contributed by atoms with Crippen LogP contribution in [0, 0.1) is 0 Å². The minimum atomic E-state index is -0.00678. The Morgan fingerprint density at radius 3 is 2.52 bits per heavy atom. The monoisotopic (exact) mass is 517 g/mol. The van der Waals surface area contributed by atoms with Crippen LogP contribution in [0.2, 0.25) is 5.02 Å². The average molecular weight is 519 g/mol. The minimum absolute atomic E-state index is 0.00678. The number of benzene rings is 2. The number of rotatable bonds is 4. The Balaban J connectivity index is 1.15. The molecule has 1 aromatic heterocycles. The summed E-state index contributed by atoms with van der Waals surface area (Å²) >= 11 is 11.4. The predicted octanol–water partition coefficient (Wildman–Crippen LogP) is 4.65. The topological polar surface area (TPSA) is 52.7 Å². The van der Waals surface area contributed by atoms with E-state index in [9.17, 15) is 9.59 Å². The number of likely N-dealkylation sites (tertiary alicyclic amines) is 2. The van der Waals surface area contributed by atoms with Crippen molar-refractivity contribution in [1.82, 2.24) is 15.1 Å². The van der Waals surface area contributed by atoms with E-state index in [0.29, 0.717) is 29.5 Å². The molecular weight excluding hydrogens is 498 g/mol. The van der Waals surface area contributed by atoms with Gasteiger partial charge in [-0.1, -0.05) is 51.8 Å². The maximum Gasteiger partial charge on any atom is 0.265 e. The molecule has 5 nitrogen and oxygen atoms in total. The molecular formula is C23H21BrClN3O2S. The van der Waals surface area contributed by atoms with E-state index in [4.69, 9.17) is 11.6 Å². The molecule has 5 rings (SSSR count). The molecule has 2 aliphatic heterocycles. The Bertz CT molecular complexity index is 1150. The summed E-state index contributed by atoms with van der Waals surface area (Å²) in [4.78, 5) is 29.9. The van der Waals surface area contributed by atoms with Gasteiger partial charge in [0.25, 0.3) is 11.8 Å². The third kappa shape index (κ3) is 4.12. The molecule has 8 heteroatoms. The number of amides is 2. The number of halogens is 2. The van der Waals surface area contributed by atoms with Crippen molar-refractivity contribution in [3.63, 3.8) is 0 Å². The van der Waals surface area contributed by atoms with Crippen LogP contribution < -0.4 is 5.32 Å². The van der Waals surface area contributed by atoms with Crippen LogP contribution in [-0.4, -0.2) is 59.9 Å². The second-order valence-corrected chi connectivity index (χ2v) is 10.4. The largest absolute Gasteiger partial charge is 0.337 e. The first-order chi connectivity index (χ1) is 15.0. The fourth-order valence-corrected chi connectivity index (χ4v) is 6.28. The summed E-state index contributed by atoms with van der Waals surface area (Å²) < 4.78 is 1.98. The highest BCUT2D eigenvalue weighted by atomic mass is 79.9. The number of fused-ring (bicyclic) bond motifs is 1. The van der Waals surface area contributed by atoms with Gasteiger partial charge in [-0.05, 0) is 30.7 Å². The lowest BCUT2D eigenvalue weighted by molar-refractivity contribution is 0.0558. The number of nitrogens with zero attached hydrogens (tertiary/aromatic N) is 2. The van der Waals surface area contributed by atoms with E-state index in [1.54, 1.807) is 0 Å². The summed E-state index contributed by atoms with van der Waals surface area (Å²) in [7, 11) is 0. The summed E-state index contributed by atoms with van der Waals surface area (Å²) in [5, 5.41) is 5.07. The third-order valence-corrected chi connectivity index (χ3v) is 8.06. The third-order valence-electron chi connectivity index (χ3n) is 5.92. The highest BCUT2D eigenvalue weighted by Crippen LogP contribution is 2.38. The Kier molecular flexibility index (Phi) is 5.77. The van der Waals surface area contributed by atoms with Crippen molar-refractivity contribution in [3.05, 3.63) is 68.5 Å². The van der Waals surface area contributed by atoms with Crippen molar-refractivity contribution < 1.29 is 9.59 Å². The SMILES string of the molecule is O=C(c1ccccc1)N1CCC(NC2CN(C(=O)c3sc4cc(Br)ccc4c3Cl)C2)C1. The van der Waals surface area contributed by atoms with Gasteiger partial charge in [-0.25, -0.2) is 0 Å². The normalized spacial score (nSPS) is 19.1. The standard InChI is InChI=1S/C23H21BrClN3O2S/c24-15-6-7-18-19(10-15)31-21(20(18)25)23(30)28-12-17(13-28)26-16-8-9-27(11-16)22(29)14-4-2-1-3-5-14/h1-7,10,16-17,26H,8-9,11-13H2. The van der Waals surface area contributed by atoms with E-state index in [2.05, 4.69) is 21.2 Å². The average Bonchev–Trinajstić information content (AvgIpc) is 3.34. The number of carbonyl (C=O) groups excluding carboxylic acids is 2. The maximum absolute atomic E-state index is 12.9. The van der Waals surface area contributed by atoms with Crippen molar-refractivity contribution in [2.24, 2.45) is 0 Å². The molecule has 2 aromatic carbocycles. The zero-order valence-electron chi connectivity index (χ0n) is 16.7. The van der Waals surface area contributed by atoms with E-state index in [-0.39, 0.29) is 23.9 Å². The lowest BCUT2D eigenvalue weighted by Gasteiger charge is -2.41. The van der Waals surface area contributed by atoms with Crippen molar-refractivity contribution in [3.8, 4) is 0 Å². The van der Waals surface area contributed by atoms with Crippen molar-refractivity contribution in [2.75, 3.05) is 26.2 Å². The predicted molar refractivity (Wildman–Crippen MR) is 128 cm³/mol. The van der Waals surface area contributed by atoms with Crippen LogP contribution in [0.4, 0.5) is 0 Å². The van der Waals surface area contributed by atoms with Gasteiger partial charge in [0.2, 0.25) is 0 Å². The van der Waals surface area contributed by atoms with Gasteiger partial charge in [0.05, 0.1) is 5.02 Å². The van der Waals surface area contributed by atoms with E-state index in [0.717, 1.165) is 33.1 Å². The lowest BCUT2D eigenvalue weighted by atomic mass is 10.1. The number of carbonyl (C=O) groups is 2. The molecule has 2 amide bonds. The first-order valence-electron chi connectivity index (χ1n) is 10.3. The summed E-state index contributed by atoms with van der Waals surface area (Å²) in [5.74, 6) is 0.0778. The van der Waals surface area contributed by atoms with E-state index in [1.165, 1.54) is 11.3 Å². The first-order valence-corrected chi connectivity index (χ1v) is 12.3. The molecule has 31 heavy (non-hydrogen) atoms. The number of nitrogens with one attached hydrogen (secondary N) is 1. The first kappa shape index (κ1) is 20.9. The fraction of sp³-hybridized carbons (Fsp3) is 0.304. The second-order valence-electron chi connectivity index (χ2n) is 8.06. The summed E-state index contributed by atoms with van der Waals surface area (Å²) in [5.41, 5.74) is 0.732. The van der Waals surface area contributed by atoms with Gasteiger partial charge in [0.15, 0.2) is 0 Å². The van der Waals surface area contributed by atoms with Crippen LogP contribution >= 0.6 is 38.9 Å². The molecule has 1 atom stereocenters. The Morgan fingerprint density at radius 2 is 1.74 bits per heavy atom. The maximum atomic E-state index is 12.9. The molecule has 3 aromatic rings. The van der Waals surface area contributed by atoms with Crippen LogP contribution in [0.3, 0.4) is 0 Å². The molecule has 2 saturated heterocycles. The van der Waals surface area contributed by atoms with Gasteiger partial charge in [-0.15, -0.1) is 11.3 Å². The summed E-state index contributed by atoms with van der Waals surface area (Å²) in [6.07, 6.45) is 0.931. The van der Waals surface area contributed by atoms with Crippen LogP contribution in [0.15, 0.2) is 53.0 Å². The second kappa shape index (κ2) is 8.54. The molecule has 0 saturated carbocycles. The Hall–Kier alpha value is -1.93. The quantitative estimate of drug-likeness (QED) is 0.547. The summed E-state index contributed by atoms with van der Waals surface area (Å²) in [6.45, 7) is 2.79. The highest BCUT2D eigenvalue weighted by molar-refractivity contribution is 9.10. The molecule has 0 radical (unpaired) electrons. The van der Waals surface area contributed by atoms with Gasteiger partial charge in [0, 0.05) is 58.4 Å². The van der Waals surface area contributed by atoms with E-state index >= 15 is 0 Å². The smallest absolute Gasteiger partial charge is 0.265 e.